The topological polar surface area (TPSA) is 30.5 Å². The van der Waals surface area contributed by atoms with E-state index in [1.165, 1.54) is 0 Å². The second-order valence-electron chi connectivity index (χ2n) is 2.75. The van der Waals surface area contributed by atoms with Gasteiger partial charge in [-0.25, -0.2) is 0 Å². The van der Waals surface area contributed by atoms with Crippen molar-refractivity contribution < 1.29 is 9.47 Å². The molecule has 0 bridgehead atoms. The van der Waals surface area contributed by atoms with Crippen molar-refractivity contribution in [2.75, 3.05) is 19.7 Å². The summed E-state index contributed by atoms with van der Waals surface area (Å²) in [6.07, 6.45) is 0.893. The Bertz CT molecular complexity index is 102. The van der Waals surface area contributed by atoms with Gasteiger partial charge in [0.2, 0.25) is 0 Å². The van der Waals surface area contributed by atoms with E-state index in [1.54, 1.807) is 0 Å². The highest BCUT2D eigenvalue weighted by molar-refractivity contribution is 6.33. The second-order valence-corrected chi connectivity index (χ2v) is 2.75. The first-order valence-corrected chi connectivity index (χ1v) is 4.07. The highest BCUT2D eigenvalue weighted by Gasteiger charge is 2.17. The molecule has 0 aromatic heterocycles. The Hall–Kier alpha value is -0.0551. The van der Waals surface area contributed by atoms with Gasteiger partial charge in [-0.05, 0) is 13.4 Å². The molecular weight excluding hydrogens is 141 g/mol. The molecular formula is C7H15BNO2. The molecule has 1 aliphatic heterocycles. The Balaban J connectivity index is 2.07. The standard InChI is InChI=1S/C7H15BNO2/c1-6-10-3-7(4-11-6)9-5-8-2/h6-7,9H,3-5H2,1-2H3. The van der Waals surface area contributed by atoms with Gasteiger partial charge < -0.3 is 14.8 Å². The van der Waals surface area contributed by atoms with Crippen molar-refractivity contribution in [2.45, 2.75) is 26.1 Å². The van der Waals surface area contributed by atoms with Crippen molar-refractivity contribution in [2.24, 2.45) is 0 Å². The highest BCUT2D eigenvalue weighted by Crippen LogP contribution is 2.03. The molecule has 0 amide bonds. The van der Waals surface area contributed by atoms with E-state index in [0.29, 0.717) is 6.04 Å². The lowest BCUT2D eigenvalue weighted by molar-refractivity contribution is -0.178. The van der Waals surface area contributed by atoms with Gasteiger partial charge in [0.25, 0.3) is 0 Å². The first kappa shape index (κ1) is 9.04. The average Bonchev–Trinajstić information content (AvgIpc) is 2.04. The Labute approximate surface area is 68.7 Å². The summed E-state index contributed by atoms with van der Waals surface area (Å²) in [5.74, 6) is 0. The number of nitrogens with one attached hydrogen (secondary N) is 1. The van der Waals surface area contributed by atoms with Crippen LogP contribution >= 0.6 is 0 Å². The van der Waals surface area contributed by atoms with Crippen LogP contribution in [0.5, 0.6) is 0 Å². The smallest absolute Gasteiger partial charge is 0.154 e. The summed E-state index contributed by atoms with van der Waals surface area (Å²) in [6, 6.07) is 0.363. The van der Waals surface area contributed by atoms with E-state index in [2.05, 4.69) is 12.6 Å². The molecule has 0 spiro atoms. The van der Waals surface area contributed by atoms with Crippen molar-refractivity contribution in [3.05, 3.63) is 0 Å². The van der Waals surface area contributed by atoms with E-state index in [0.717, 1.165) is 19.7 Å². The molecule has 4 heteroatoms. The van der Waals surface area contributed by atoms with Crippen molar-refractivity contribution in [1.82, 2.24) is 5.32 Å². The summed E-state index contributed by atoms with van der Waals surface area (Å²) in [5, 5.41) is 3.29. The van der Waals surface area contributed by atoms with Crippen LogP contribution in [-0.2, 0) is 9.47 Å². The average molecular weight is 156 g/mol. The zero-order chi connectivity index (χ0) is 8.10. The molecule has 1 heterocycles. The molecule has 0 aliphatic carbocycles. The molecule has 0 aromatic rings. The van der Waals surface area contributed by atoms with E-state index in [1.807, 2.05) is 13.7 Å². The number of hydrogen-bond donors (Lipinski definition) is 1. The van der Waals surface area contributed by atoms with Crippen LogP contribution in [0.1, 0.15) is 6.92 Å². The molecule has 1 rings (SSSR count). The largest absolute Gasteiger partial charge is 0.351 e. The fourth-order valence-electron chi connectivity index (χ4n) is 1.00. The minimum Gasteiger partial charge on any atom is -0.351 e. The maximum absolute atomic E-state index is 5.29. The molecule has 0 unspecified atom stereocenters. The van der Waals surface area contributed by atoms with E-state index in [4.69, 9.17) is 9.47 Å². The monoisotopic (exact) mass is 156 g/mol. The molecule has 1 radical (unpaired) electrons. The zero-order valence-corrected chi connectivity index (χ0v) is 7.17. The third-order valence-electron chi connectivity index (χ3n) is 1.67. The van der Waals surface area contributed by atoms with Crippen LogP contribution in [0.4, 0.5) is 0 Å². The number of rotatable bonds is 3. The van der Waals surface area contributed by atoms with Gasteiger partial charge in [-0.2, -0.15) is 0 Å². The van der Waals surface area contributed by atoms with Gasteiger partial charge in [0.15, 0.2) is 6.29 Å². The SMILES string of the molecule is C[B]CNC1COC(C)OC1. The third kappa shape index (κ3) is 3.23. The van der Waals surface area contributed by atoms with Crippen LogP contribution in [0.25, 0.3) is 0 Å². The van der Waals surface area contributed by atoms with Gasteiger partial charge in [0, 0.05) is 0 Å². The lowest BCUT2D eigenvalue weighted by atomic mass is 9.83. The van der Waals surface area contributed by atoms with Crippen LogP contribution < -0.4 is 5.32 Å². The molecule has 0 aromatic carbocycles. The number of hydrogen-bond acceptors (Lipinski definition) is 3. The van der Waals surface area contributed by atoms with Crippen molar-refractivity contribution >= 4 is 7.28 Å². The van der Waals surface area contributed by atoms with Gasteiger partial charge in [-0.1, -0.05) is 6.82 Å². The minimum absolute atomic E-state index is 0.0290. The molecule has 1 N–H and O–H groups in total. The Morgan fingerprint density at radius 2 is 2.09 bits per heavy atom. The van der Waals surface area contributed by atoms with Gasteiger partial charge in [-0.3, -0.25) is 0 Å². The first-order chi connectivity index (χ1) is 5.33. The van der Waals surface area contributed by atoms with Crippen LogP contribution in [0.2, 0.25) is 6.82 Å². The van der Waals surface area contributed by atoms with Crippen LogP contribution in [0, 0.1) is 0 Å². The molecule has 63 valence electrons. The predicted molar refractivity (Wildman–Crippen MR) is 44.8 cm³/mol. The summed E-state index contributed by atoms with van der Waals surface area (Å²) in [5.41, 5.74) is 0. The van der Waals surface area contributed by atoms with Gasteiger partial charge in [0.1, 0.15) is 7.28 Å². The summed E-state index contributed by atoms with van der Waals surface area (Å²) in [4.78, 5) is 0. The fraction of sp³-hybridized carbons (Fsp3) is 1.00. The minimum atomic E-state index is -0.0290. The predicted octanol–water partition coefficient (Wildman–Crippen LogP) is 0.0472. The molecule has 1 saturated heterocycles. The Morgan fingerprint density at radius 1 is 1.45 bits per heavy atom. The molecule has 1 aliphatic rings. The first-order valence-electron chi connectivity index (χ1n) is 4.07. The van der Waals surface area contributed by atoms with Crippen LogP contribution in [-0.4, -0.2) is 39.3 Å². The summed E-state index contributed by atoms with van der Waals surface area (Å²) in [7, 11) is 2.08. The lowest BCUT2D eigenvalue weighted by Crippen LogP contribution is -2.45. The zero-order valence-electron chi connectivity index (χ0n) is 7.17. The second kappa shape index (κ2) is 4.75. The van der Waals surface area contributed by atoms with E-state index in [-0.39, 0.29) is 6.29 Å². The maximum atomic E-state index is 5.29. The van der Waals surface area contributed by atoms with Gasteiger partial charge >= 0.3 is 0 Å². The van der Waals surface area contributed by atoms with Gasteiger partial charge in [-0.15, -0.1) is 0 Å². The lowest BCUT2D eigenvalue weighted by Gasteiger charge is -2.27. The van der Waals surface area contributed by atoms with E-state index < -0.39 is 0 Å². The fourth-order valence-corrected chi connectivity index (χ4v) is 1.00. The molecule has 3 nitrogen and oxygen atoms in total. The summed E-state index contributed by atoms with van der Waals surface area (Å²) < 4.78 is 10.6. The molecule has 1 fully saturated rings. The van der Waals surface area contributed by atoms with Crippen molar-refractivity contribution in [3.63, 3.8) is 0 Å². The normalized spacial score (nSPS) is 31.8. The Morgan fingerprint density at radius 3 is 2.64 bits per heavy atom. The van der Waals surface area contributed by atoms with E-state index in [9.17, 15) is 0 Å². The van der Waals surface area contributed by atoms with E-state index >= 15 is 0 Å². The highest BCUT2D eigenvalue weighted by atomic mass is 16.7. The number of ether oxygens (including phenoxy) is 2. The summed E-state index contributed by atoms with van der Waals surface area (Å²) in [6.45, 7) is 5.46. The summed E-state index contributed by atoms with van der Waals surface area (Å²) >= 11 is 0. The maximum Gasteiger partial charge on any atom is 0.154 e. The quantitative estimate of drug-likeness (QED) is 0.585. The Kier molecular flexibility index (Phi) is 3.90. The molecule has 11 heavy (non-hydrogen) atoms. The molecule has 0 saturated carbocycles. The van der Waals surface area contributed by atoms with Crippen LogP contribution in [0.3, 0.4) is 0 Å². The van der Waals surface area contributed by atoms with Crippen molar-refractivity contribution in [3.8, 4) is 0 Å². The van der Waals surface area contributed by atoms with Crippen LogP contribution in [0.15, 0.2) is 0 Å². The van der Waals surface area contributed by atoms with Gasteiger partial charge in [0.05, 0.1) is 19.3 Å². The molecule has 0 atom stereocenters. The third-order valence-corrected chi connectivity index (χ3v) is 1.67. The van der Waals surface area contributed by atoms with Crippen molar-refractivity contribution in [1.29, 1.82) is 0 Å².